The van der Waals surface area contributed by atoms with Crippen molar-refractivity contribution in [2.75, 3.05) is 11.9 Å². The van der Waals surface area contributed by atoms with Crippen molar-refractivity contribution < 1.29 is 4.74 Å². The standard InChI is InChI=1S/C14H17N3OS/c1-2-9-15-14-17-16-13(19-14)10-3-5-11(6-4-10)18-12-7-8-12/h3-6,12H,2,7-9H2,1H3,(H,15,17). The zero-order valence-electron chi connectivity index (χ0n) is 10.9. The third-order valence-corrected chi connectivity index (χ3v) is 3.81. The minimum Gasteiger partial charge on any atom is -0.490 e. The Hall–Kier alpha value is -1.62. The summed E-state index contributed by atoms with van der Waals surface area (Å²) in [5.41, 5.74) is 1.09. The molecule has 0 bridgehead atoms. The fraction of sp³-hybridized carbons (Fsp3) is 0.429. The van der Waals surface area contributed by atoms with Crippen LogP contribution in [0.15, 0.2) is 24.3 Å². The first kappa shape index (κ1) is 12.4. The van der Waals surface area contributed by atoms with Crippen LogP contribution in [0.2, 0.25) is 0 Å². The van der Waals surface area contributed by atoms with Crippen LogP contribution in [0, 0.1) is 0 Å². The van der Waals surface area contributed by atoms with E-state index in [0.29, 0.717) is 6.10 Å². The van der Waals surface area contributed by atoms with E-state index in [9.17, 15) is 0 Å². The van der Waals surface area contributed by atoms with Gasteiger partial charge in [-0.05, 0) is 43.5 Å². The second kappa shape index (κ2) is 5.57. The van der Waals surface area contributed by atoms with Crippen molar-refractivity contribution >= 4 is 16.5 Å². The van der Waals surface area contributed by atoms with Crippen molar-refractivity contribution in [1.29, 1.82) is 0 Å². The van der Waals surface area contributed by atoms with E-state index in [0.717, 1.165) is 34.4 Å². The highest BCUT2D eigenvalue weighted by molar-refractivity contribution is 7.18. The molecule has 0 aliphatic heterocycles. The van der Waals surface area contributed by atoms with Gasteiger partial charge < -0.3 is 10.1 Å². The minimum absolute atomic E-state index is 0.442. The molecule has 1 saturated carbocycles. The predicted molar refractivity (Wildman–Crippen MR) is 77.8 cm³/mol. The van der Waals surface area contributed by atoms with Crippen LogP contribution < -0.4 is 10.1 Å². The number of nitrogens with one attached hydrogen (secondary N) is 1. The van der Waals surface area contributed by atoms with E-state index in [4.69, 9.17) is 4.74 Å². The summed E-state index contributed by atoms with van der Waals surface area (Å²) in [5.74, 6) is 0.945. The fourth-order valence-corrected chi connectivity index (χ4v) is 2.47. The number of hydrogen-bond acceptors (Lipinski definition) is 5. The third-order valence-electron chi connectivity index (χ3n) is 2.88. The molecule has 0 unspecified atom stereocenters. The lowest BCUT2D eigenvalue weighted by atomic mass is 10.2. The Morgan fingerprint density at radius 2 is 2.05 bits per heavy atom. The molecule has 3 rings (SSSR count). The number of nitrogens with zero attached hydrogens (tertiary/aromatic N) is 2. The van der Waals surface area contributed by atoms with E-state index in [-0.39, 0.29) is 0 Å². The molecule has 0 radical (unpaired) electrons. The molecule has 1 N–H and O–H groups in total. The summed E-state index contributed by atoms with van der Waals surface area (Å²) in [5, 5.41) is 13.4. The molecule has 1 fully saturated rings. The van der Waals surface area contributed by atoms with E-state index in [1.807, 2.05) is 24.3 Å². The maximum Gasteiger partial charge on any atom is 0.206 e. The molecule has 0 saturated heterocycles. The maximum absolute atomic E-state index is 5.73. The molecule has 4 nitrogen and oxygen atoms in total. The van der Waals surface area contributed by atoms with Crippen molar-refractivity contribution in [3.63, 3.8) is 0 Å². The van der Waals surface area contributed by atoms with Gasteiger partial charge in [0.15, 0.2) is 0 Å². The predicted octanol–water partition coefficient (Wildman–Crippen LogP) is 3.57. The Kier molecular flexibility index (Phi) is 3.64. The molecule has 2 aromatic rings. The largest absolute Gasteiger partial charge is 0.490 e. The molecule has 100 valence electrons. The van der Waals surface area contributed by atoms with Gasteiger partial charge in [-0.15, -0.1) is 10.2 Å². The van der Waals surface area contributed by atoms with E-state index in [2.05, 4.69) is 22.4 Å². The van der Waals surface area contributed by atoms with Crippen LogP contribution >= 0.6 is 11.3 Å². The Morgan fingerprint density at radius 3 is 2.74 bits per heavy atom. The highest BCUT2D eigenvalue weighted by atomic mass is 32.1. The molecule has 1 aliphatic rings. The number of benzene rings is 1. The number of anilines is 1. The van der Waals surface area contributed by atoms with Crippen molar-refractivity contribution in [1.82, 2.24) is 10.2 Å². The average molecular weight is 275 g/mol. The summed E-state index contributed by atoms with van der Waals surface area (Å²) in [6.07, 6.45) is 3.90. The first-order chi connectivity index (χ1) is 9.35. The van der Waals surface area contributed by atoms with Crippen LogP contribution in [-0.4, -0.2) is 22.8 Å². The summed E-state index contributed by atoms with van der Waals surface area (Å²) in [7, 11) is 0. The molecule has 1 aromatic heterocycles. The van der Waals surface area contributed by atoms with Crippen LogP contribution in [-0.2, 0) is 0 Å². The van der Waals surface area contributed by atoms with E-state index in [1.165, 1.54) is 12.8 Å². The van der Waals surface area contributed by atoms with Gasteiger partial charge in [0.2, 0.25) is 5.13 Å². The van der Waals surface area contributed by atoms with Crippen LogP contribution in [0.1, 0.15) is 26.2 Å². The van der Waals surface area contributed by atoms with Gasteiger partial charge in [0.1, 0.15) is 10.8 Å². The number of rotatable bonds is 6. The maximum atomic E-state index is 5.73. The van der Waals surface area contributed by atoms with Crippen LogP contribution in [0.3, 0.4) is 0 Å². The molecule has 0 atom stereocenters. The second-order valence-corrected chi connectivity index (χ2v) is 5.66. The summed E-state index contributed by atoms with van der Waals surface area (Å²) in [6, 6.07) is 8.10. The quantitative estimate of drug-likeness (QED) is 0.875. The summed E-state index contributed by atoms with van der Waals surface area (Å²) < 4.78 is 5.73. The van der Waals surface area contributed by atoms with Gasteiger partial charge in [-0.3, -0.25) is 0 Å². The lowest BCUT2D eigenvalue weighted by molar-refractivity contribution is 0.303. The molecule has 1 aromatic carbocycles. The van der Waals surface area contributed by atoms with Gasteiger partial charge in [0, 0.05) is 12.1 Å². The molecule has 1 aliphatic carbocycles. The minimum atomic E-state index is 0.442. The summed E-state index contributed by atoms with van der Waals surface area (Å²) >= 11 is 1.58. The normalized spacial score (nSPS) is 14.4. The zero-order valence-corrected chi connectivity index (χ0v) is 11.7. The monoisotopic (exact) mass is 275 g/mol. The SMILES string of the molecule is CCCNc1nnc(-c2ccc(OC3CC3)cc2)s1. The lowest BCUT2D eigenvalue weighted by Crippen LogP contribution is -1.98. The molecular weight excluding hydrogens is 258 g/mol. The number of hydrogen-bond donors (Lipinski definition) is 1. The Bertz CT molecular complexity index is 534. The fourth-order valence-electron chi connectivity index (χ4n) is 1.70. The smallest absolute Gasteiger partial charge is 0.206 e. The average Bonchev–Trinajstić information content (AvgIpc) is 3.13. The van der Waals surface area contributed by atoms with Crippen molar-refractivity contribution in [3.8, 4) is 16.3 Å². The first-order valence-electron chi connectivity index (χ1n) is 6.69. The second-order valence-electron chi connectivity index (χ2n) is 4.68. The summed E-state index contributed by atoms with van der Waals surface area (Å²) in [4.78, 5) is 0. The van der Waals surface area contributed by atoms with Crippen molar-refractivity contribution in [2.24, 2.45) is 0 Å². The van der Waals surface area contributed by atoms with Gasteiger partial charge in [0.05, 0.1) is 6.10 Å². The Balaban J connectivity index is 1.68. The van der Waals surface area contributed by atoms with Gasteiger partial charge in [-0.25, -0.2) is 0 Å². The molecule has 5 heteroatoms. The van der Waals surface area contributed by atoms with Gasteiger partial charge in [-0.1, -0.05) is 18.3 Å². The number of ether oxygens (including phenoxy) is 1. The van der Waals surface area contributed by atoms with E-state index < -0.39 is 0 Å². The first-order valence-corrected chi connectivity index (χ1v) is 7.51. The molecular formula is C14H17N3OS. The highest BCUT2D eigenvalue weighted by Gasteiger charge is 2.23. The number of aromatic nitrogens is 2. The summed E-state index contributed by atoms with van der Waals surface area (Å²) in [6.45, 7) is 3.07. The van der Waals surface area contributed by atoms with Gasteiger partial charge in [0.25, 0.3) is 0 Å². The van der Waals surface area contributed by atoms with E-state index in [1.54, 1.807) is 11.3 Å². The highest BCUT2D eigenvalue weighted by Crippen LogP contribution is 2.30. The zero-order chi connectivity index (χ0) is 13.1. The molecule has 19 heavy (non-hydrogen) atoms. The third kappa shape index (κ3) is 3.23. The molecule has 0 amide bonds. The Morgan fingerprint density at radius 1 is 1.26 bits per heavy atom. The van der Waals surface area contributed by atoms with Crippen molar-refractivity contribution in [3.05, 3.63) is 24.3 Å². The topological polar surface area (TPSA) is 47.0 Å². The lowest BCUT2D eigenvalue weighted by Gasteiger charge is -2.03. The molecule has 1 heterocycles. The van der Waals surface area contributed by atoms with Crippen molar-refractivity contribution in [2.45, 2.75) is 32.3 Å². The van der Waals surface area contributed by atoms with Gasteiger partial charge in [-0.2, -0.15) is 0 Å². The Labute approximate surface area is 116 Å². The van der Waals surface area contributed by atoms with Crippen LogP contribution in [0.25, 0.3) is 10.6 Å². The van der Waals surface area contributed by atoms with E-state index >= 15 is 0 Å². The molecule has 0 spiro atoms. The van der Waals surface area contributed by atoms with Crippen LogP contribution in [0.5, 0.6) is 5.75 Å². The van der Waals surface area contributed by atoms with Gasteiger partial charge >= 0.3 is 0 Å². The van der Waals surface area contributed by atoms with Crippen LogP contribution in [0.4, 0.5) is 5.13 Å².